The van der Waals surface area contributed by atoms with E-state index in [9.17, 15) is 13.6 Å². The first kappa shape index (κ1) is 16.5. The molecule has 4 nitrogen and oxygen atoms in total. The lowest BCUT2D eigenvalue weighted by Crippen LogP contribution is -2.13. The van der Waals surface area contributed by atoms with Gasteiger partial charge in [-0.05, 0) is 30.3 Å². The molecule has 0 unspecified atom stereocenters. The molecule has 0 fully saturated rings. The highest BCUT2D eigenvalue weighted by Crippen LogP contribution is 2.26. The van der Waals surface area contributed by atoms with Crippen molar-refractivity contribution >= 4 is 34.1 Å². The Bertz CT molecular complexity index is 856. The van der Waals surface area contributed by atoms with Crippen LogP contribution in [0.3, 0.4) is 0 Å². The van der Waals surface area contributed by atoms with Gasteiger partial charge in [-0.3, -0.25) is 4.79 Å². The van der Waals surface area contributed by atoms with Crippen molar-refractivity contribution in [2.75, 3.05) is 11.1 Å². The van der Waals surface area contributed by atoms with Crippen LogP contribution in [0.15, 0.2) is 53.0 Å². The molecular weight excluding hydrogens is 352 g/mol. The molecule has 0 aliphatic rings. The van der Waals surface area contributed by atoms with Crippen molar-refractivity contribution in [1.29, 1.82) is 0 Å². The van der Waals surface area contributed by atoms with E-state index >= 15 is 0 Å². The van der Waals surface area contributed by atoms with E-state index in [1.54, 1.807) is 17.6 Å². The van der Waals surface area contributed by atoms with Crippen LogP contribution in [0.5, 0.6) is 0 Å². The van der Waals surface area contributed by atoms with Gasteiger partial charge in [0.2, 0.25) is 5.91 Å². The van der Waals surface area contributed by atoms with Gasteiger partial charge in [0.05, 0.1) is 16.5 Å². The number of thioether (sulfide) groups is 1. The van der Waals surface area contributed by atoms with Crippen LogP contribution in [-0.2, 0) is 4.79 Å². The number of amides is 1. The van der Waals surface area contributed by atoms with Gasteiger partial charge in [0.25, 0.3) is 0 Å². The first-order valence-corrected chi connectivity index (χ1v) is 8.73. The molecular formula is C16H11F2N3OS2. The Morgan fingerprint density at radius 1 is 1.21 bits per heavy atom. The monoisotopic (exact) mass is 363 g/mol. The number of nitrogens with zero attached hydrogens (tertiary/aromatic N) is 2. The Kier molecular flexibility index (Phi) is 5.17. The van der Waals surface area contributed by atoms with Crippen LogP contribution >= 0.6 is 23.1 Å². The van der Waals surface area contributed by atoms with E-state index in [1.807, 2.05) is 12.1 Å². The predicted octanol–water partition coefficient (Wildman–Crippen LogP) is 4.21. The van der Waals surface area contributed by atoms with Crippen LogP contribution in [0.1, 0.15) is 0 Å². The van der Waals surface area contributed by atoms with Gasteiger partial charge in [0, 0.05) is 17.1 Å². The summed E-state index contributed by atoms with van der Waals surface area (Å²) in [4.78, 5) is 20.3. The number of hydrogen-bond acceptors (Lipinski definition) is 5. The fourth-order valence-electron chi connectivity index (χ4n) is 1.85. The number of rotatable bonds is 5. The van der Waals surface area contributed by atoms with Gasteiger partial charge in [-0.2, -0.15) is 0 Å². The van der Waals surface area contributed by atoms with Gasteiger partial charge < -0.3 is 5.32 Å². The van der Waals surface area contributed by atoms with Crippen LogP contribution < -0.4 is 5.32 Å². The van der Waals surface area contributed by atoms with Crippen LogP contribution in [0.4, 0.5) is 13.9 Å². The summed E-state index contributed by atoms with van der Waals surface area (Å²) >= 11 is 2.54. The highest BCUT2D eigenvalue weighted by atomic mass is 32.2. The van der Waals surface area contributed by atoms with Crippen molar-refractivity contribution in [2.45, 2.75) is 5.03 Å². The Morgan fingerprint density at radius 3 is 2.83 bits per heavy atom. The second-order valence-electron chi connectivity index (χ2n) is 4.67. The van der Waals surface area contributed by atoms with E-state index in [4.69, 9.17) is 0 Å². The number of nitrogens with one attached hydrogen (secondary N) is 1. The molecule has 2 aromatic heterocycles. The quantitative estimate of drug-likeness (QED) is 0.690. The number of benzene rings is 1. The third-order valence-corrected chi connectivity index (χ3v) is 4.66. The first-order valence-electron chi connectivity index (χ1n) is 6.86. The topological polar surface area (TPSA) is 54.9 Å². The molecule has 0 saturated carbocycles. The summed E-state index contributed by atoms with van der Waals surface area (Å²) in [5.74, 6) is -1.85. The van der Waals surface area contributed by atoms with Crippen molar-refractivity contribution in [3.63, 3.8) is 0 Å². The zero-order valence-electron chi connectivity index (χ0n) is 12.2. The maximum Gasteiger partial charge on any atom is 0.236 e. The molecule has 1 amide bonds. The first-order chi connectivity index (χ1) is 11.6. The van der Waals surface area contributed by atoms with Gasteiger partial charge in [-0.15, -0.1) is 11.3 Å². The summed E-state index contributed by atoms with van der Waals surface area (Å²) in [6, 6.07) is 9.04. The number of anilines is 1. The van der Waals surface area contributed by atoms with Crippen LogP contribution in [0.25, 0.3) is 11.3 Å². The number of aromatic nitrogens is 2. The molecule has 0 bridgehead atoms. The van der Waals surface area contributed by atoms with E-state index in [0.29, 0.717) is 16.4 Å². The number of hydrogen-bond donors (Lipinski definition) is 1. The molecule has 2 heterocycles. The highest BCUT2D eigenvalue weighted by Gasteiger charge is 2.10. The maximum absolute atomic E-state index is 13.3. The third kappa shape index (κ3) is 4.15. The third-order valence-electron chi connectivity index (χ3n) is 2.95. The second kappa shape index (κ2) is 7.50. The van der Waals surface area contributed by atoms with Gasteiger partial charge >= 0.3 is 0 Å². The average Bonchev–Trinajstić information content (AvgIpc) is 3.05. The summed E-state index contributed by atoms with van der Waals surface area (Å²) in [6.07, 6.45) is 1.66. The normalized spacial score (nSPS) is 10.6. The van der Waals surface area contributed by atoms with E-state index in [0.717, 1.165) is 17.2 Å². The molecule has 8 heteroatoms. The average molecular weight is 363 g/mol. The standard InChI is InChI=1S/C16H11F2N3OS2/c17-11-5-4-10(7-12(11)18)13-8-24-16(20-13)21-14(22)9-23-15-3-1-2-6-19-15/h1-8H,9H2,(H,20,21,22). The molecule has 3 aromatic rings. The number of carbonyl (C=O) groups is 1. The maximum atomic E-state index is 13.3. The lowest BCUT2D eigenvalue weighted by molar-refractivity contribution is -0.113. The minimum Gasteiger partial charge on any atom is -0.301 e. The number of halogens is 2. The zero-order valence-corrected chi connectivity index (χ0v) is 13.8. The van der Waals surface area contributed by atoms with Crippen molar-refractivity contribution in [2.24, 2.45) is 0 Å². The Morgan fingerprint density at radius 2 is 2.08 bits per heavy atom. The molecule has 1 aromatic carbocycles. The summed E-state index contributed by atoms with van der Waals surface area (Å²) < 4.78 is 26.2. The van der Waals surface area contributed by atoms with Crippen LogP contribution in [-0.4, -0.2) is 21.6 Å². The molecule has 0 radical (unpaired) electrons. The molecule has 1 N–H and O–H groups in total. The van der Waals surface area contributed by atoms with Gasteiger partial charge in [-0.25, -0.2) is 18.7 Å². The number of thiazole rings is 1. The van der Waals surface area contributed by atoms with E-state index in [1.165, 1.54) is 29.2 Å². The zero-order chi connectivity index (χ0) is 16.9. The number of carbonyl (C=O) groups excluding carboxylic acids is 1. The summed E-state index contributed by atoms with van der Waals surface area (Å²) in [5, 5.41) is 5.52. The Balaban J connectivity index is 1.61. The minimum absolute atomic E-state index is 0.205. The summed E-state index contributed by atoms with van der Waals surface area (Å²) in [5.41, 5.74) is 0.931. The van der Waals surface area contributed by atoms with E-state index in [-0.39, 0.29) is 11.7 Å². The summed E-state index contributed by atoms with van der Waals surface area (Å²) in [6.45, 7) is 0. The molecule has 24 heavy (non-hydrogen) atoms. The molecule has 122 valence electrons. The summed E-state index contributed by atoms with van der Waals surface area (Å²) in [7, 11) is 0. The fraction of sp³-hybridized carbons (Fsp3) is 0.0625. The van der Waals surface area contributed by atoms with Crippen LogP contribution in [0.2, 0.25) is 0 Å². The molecule has 0 aliphatic heterocycles. The van der Waals surface area contributed by atoms with Gasteiger partial charge in [-0.1, -0.05) is 17.8 Å². The van der Waals surface area contributed by atoms with Crippen molar-refractivity contribution in [1.82, 2.24) is 9.97 Å². The molecule has 0 saturated heterocycles. The highest BCUT2D eigenvalue weighted by molar-refractivity contribution is 7.99. The van der Waals surface area contributed by atoms with E-state index < -0.39 is 11.6 Å². The molecule has 0 spiro atoms. The second-order valence-corrected chi connectivity index (χ2v) is 6.53. The van der Waals surface area contributed by atoms with Crippen molar-refractivity contribution in [3.8, 4) is 11.3 Å². The Labute approximate surface area is 145 Å². The van der Waals surface area contributed by atoms with Crippen LogP contribution in [0, 0.1) is 11.6 Å². The van der Waals surface area contributed by atoms with Gasteiger partial charge in [0.1, 0.15) is 0 Å². The predicted molar refractivity (Wildman–Crippen MR) is 91.1 cm³/mol. The smallest absolute Gasteiger partial charge is 0.236 e. The molecule has 3 rings (SSSR count). The number of pyridine rings is 1. The largest absolute Gasteiger partial charge is 0.301 e. The lowest BCUT2D eigenvalue weighted by atomic mass is 10.2. The molecule has 0 atom stereocenters. The van der Waals surface area contributed by atoms with Crippen molar-refractivity contribution < 1.29 is 13.6 Å². The van der Waals surface area contributed by atoms with Gasteiger partial charge in [0.15, 0.2) is 16.8 Å². The van der Waals surface area contributed by atoms with E-state index in [2.05, 4.69) is 15.3 Å². The minimum atomic E-state index is -0.933. The SMILES string of the molecule is O=C(CSc1ccccn1)Nc1nc(-c2ccc(F)c(F)c2)cs1. The van der Waals surface area contributed by atoms with Crippen molar-refractivity contribution in [3.05, 3.63) is 59.6 Å². The lowest BCUT2D eigenvalue weighted by Gasteiger charge is -2.01. The Hall–Kier alpha value is -2.32. The fourth-order valence-corrected chi connectivity index (χ4v) is 3.24. The molecule has 0 aliphatic carbocycles.